The molecule has 5 rings (SSSR count). The number of ether oxygens (including phenoxy) is 1. The summed E-state index contributed by atoms with van der Waals surface area (Å²) in [5.74, 6) is -0.892. The molecule has 1 atom stereocenters. The molecule has 1 fully saturated rings. The minimum absolute atomic E-state index is 0.0521. The van der Waals surface area contributed by atoms with Crippen molar-refractivity contribution in [3.8, 4) is 16.9 Å². The van der Waals surface area contributed by atoms with E-state index in [0.717, 1.165) is 49.7 Å². The number of hydrogen-bond donors (Lipinski definition) is 0. The summed E-state index contributed by atoms with van der Waals surface area (Å²) in [6, 6.07) is 11.7. The zero-order chi connectivity index (χ0) is 27.2. The largest absolute Gasteiger partial charge is 0.487 e. The fourth-order valence-electron chi connectivity index (χ4n) is 5.91. The maximum absolute atomic E-state index is 14.2. The van der Waals surface area contributed by atoms with E-state index < -0.39 is 34.9 Å². The van der Waals surface area contributed by atoms with Crippen molar-refractivity contribution in [1.82, 2.24) is 0 Å². The second-order valence-electron chi connectivity index (χ2n) is 10.8. The molecule has 3 nitrogen and oxygen atoms in total. The zero-order valence-corrected chi connectivity index (χ0v) is 21.2. The van der Waals surface area contributed by atoms with E-state index >= 15 is 0 Å². The molecule has 0 radical (unpaired) electrons. The SMILES string of the molecule is CC1(C)CC(C=O)c2c(cc(C3CCCC3)c(C(=O)c3ccc(C(F)(F)F)cc3)c2-c2ccc(F)cc2)O1. The molecule has 0 spiro atoms. The van der Waals surface area contributed by atoms with E-state index in [0.29, 0.717) is 34.4 Å². The smallest absolute Gasteiger partial charge is 0.416 e. The van der Waals surface area contributed by atoms with E-state index in [-0.39, 0.29) is 11.5 Å². The van der Waals surface area contributed by atoms with Gasteiger partial charge in [0.05, 0.1) is 5.56 Å². The number of ketones is 1. The first-order valence-corrected chi connectivity index (χ1v) is 12.8. The minimum atomic E-state index is -4.52. The number of halogens is 4. The molecule has 0 bridgehead atoms. The average molecular weight is 525 g/mol. The van der Waals surface area contributed by atoms with Crippen LogP contribution in [0.15, 0.2) is 54.6 Å². The van der Waals surface area contributed by atoms with Gasteiger partial charge in [-0.2, -0.15) is 13.2 Å². The molecular weight excluding hydrogens is 496 g/mol. The Labute approximate surface area is 218 Å². The summed E-state index contributed by atoms with van der Waals surface area (Å²) in [7, 11) is 0. The van der Waals surface area contributed by atoms with E-state index in [4.69, 9.17) is 4.74 Å². The highest BCUT2D eigenvalue weighted by molar-refractivity contribution is 6.15. The molecule has 0 N–H and O–H groups in total. The highest BCUT2D eigenvalue weighted by Crippen LogP contribution is 2.51. The monoisotopic (exact) mass is 524 g/mol. The molecule has 38 heavy (non-hydrogen) atoms. The van der Waals surface area contributed by atoms with Gasteiger partial charge in [-0.05, 0) is 74.1 Å². The molecule has 1 heterocycles. The lowest BCUT2D eigenvalue weighted by atomic mass is 9.75. The Balaban J connectivity index is 1.80. The quantitative estimate of drug-likeness (QED) is 0.192. The first kappa shape index (κ1) is 26.1. The van der Waals surface area contributed by atoms with Crippen molar-refractivity contribution >= 4 is 12.1 Å². The fourth-order valence-corrected chi connectivity index (χ4v) is 5.91. The van der Waals surface area contributed by atoms with Crippen LogP contribution >= 0.6 is 0 Å². The van der Waals surface area contributed by atoms with Crippen molar-refractivity contribution in [2.45, 2.75) is 69.6 Å². The van der Waals surface area contributed by atoms with Crippen LogP contribution in [-0.4, -0.2) is 17.7 Å². The molecule has 1 aliphatic carbocycles. The van der Waals surface area contributed by atoms with Crippen LogP contribution in [-0.2, 0) is 11.0 Å². The normalized spacial score (nSPS) is 19.1. The topological polar surface area (TPSA) is 43.4 Å². The molecule has 1 aliphatic heterocycles. The summed E-state index contributed by atoms with van der Waals surface area (Å²) in [5, 5.41) is 0. The third kappa shape index (κ3) is 4.86. The van der Waals surface area contributed by atoms with Crippen molar-refractivity contribution in [1.29, 1.82) is 0 Å². The van der Waals surface area contributed by atoms with Crippen LogP contribution in [0.25, 0.3) is 11.1 Å². The number of carbonyl (C=O) groups is 2. The Kier molecular flexibility index (Phi) is 6.66. The first-order valence-electron chi connectivity index (χ1n) is 12.8. The Morgan fingerprint density at radius 3 is 2.21 bits per heavy atom. The second kappa shape index (κ2) is 9.68. The number of aldehydes is 1. The lowest BCUT2D eigenvalue weighted by Gasteiger charge is -2.38. The van der Waals surface area contributed by atoms with E-state index in [2.05, 4.69) is 0 Å². The van der Waals surface area contributed by atoms with Crippen LogP contribution in [0, 0.1) is 5.82 Å². The van der Waals surface area contributed by atoms with E-state index in [1.807, 2.05) is 19.9 Å². The number of alkyl halides is 3. The van der Waals surface area contributed by atoms with E-state index in [1.165, 1.54) is 24.3 Å². The maximum atomic E-state index is 14.2. The third-order valence-corrected chi connectivity index (χ3v) is 7.62. The lowest BCUT2D eigenvalue weighted by molar-refractivity contribution is -0.137. The fraction of sp³-hybridized carbons (Fsp3) is 0.355. The molecule has 3 aromatic carbocycles. The van der Waals surface area contributed by atoms with Gasteiger partial charge in [-0.15, -0.1) is 0 Å². The van der Waals surface area contributed by atoms with Crippen LogP contribution < -0.4 is 4.74 Å². The summed E-state index contributed by atoms with van der Waals surface area (Å²) >= 11 is 0. The van der Waals surface area contributed by atoms with Crippen LogP contribution in [0.5, 0.6) is 5.75 Å². The lowest BCUT2D eigenvalue weighted by Crippen LogP contribution is -2.36. The molecule has 7 heteroatoms. The van der Waals surface area contributed by atoms with Gasteiger partial charge >= 0.3 is 6.18 Å². The van der Waals surface area contributed by atoms with Gasteiger partial charge in [-0.25, -0.2) is 4.39 Å². The van der Waals surface area contributed by atoms with Crippen molar-refractivity contribution in [3.05, 3.63) is 88.2 Å². The number of hydrogen-bond acceptors (Lipinski definition) is 3. The van der Waals surface area contributed by atoms with Crippen molar-refractivity contribution < 1.29 is 31.9 Å². The van der Waals surface area contributed by atoms with Gasteiger partial charge in [-0.3, -0.25) is 4.79 Å². The summed E-state index contributed by atoms with van der Waals surface area (Å²) in [5.41, 5.74) is 1.35. The summed E-state index contributed by atoms with van der Waals surface area (Å²) < 4.78 is 59.9. The Hall–Kier alpha value is -3.48. The highest BCUT2D eigenvalue weighted by atomic mass is 19.4. The summed E-state index contributed by atoms with van der Waals surface area (Å²) in [6.07, 6.45) is 0.399. The zero-order valence-electron chi connectivity index (χ0n) is 21.2. The minimum Gasteiger partial charge on any atom is -0.487 e. The predicted molar refractivity (Wildman–Crippen MR) is 136 cm³/mol. The number of benzene rings is 3. The maximum Gasteiger partial charge on any atom is 0.416 e. The van der Waals surface area contributed by atoms with Gasteiger partial charge in [0.2, 0.25) is 0 Å². The number of fused-ring (bicyclic) bond motifs is 1. The highest BCUT2D eigenvalue weighted by Gasteiger charge is 2.39. The van der Waals surface area contributed by atoms with Gasteiger partial charge in [0.15, 0.2) is 5.78 Å². The van der Waals surface area contributed by atoms with Crippen LogP contribution in [0.2, 0.25) is 0 Å². The molecule has 198 valence electrons. The Bertz CT molecular complexity index is 1370. The number of carbonyl (C=O) groups excluding carboxylic acids is 2. The van der Waals surface area contributed by atoms with Gasteiger partial charge < -0.3 is 9.53 Å². The van der Waals surface area contributed by atoms with E-state index in [9.17, 15) is 27.2 Å². The van der Waals surface area contributed by atoms with Gasteiger partial charge in [0, 0.05) is 34.6 Å². The molecule has 0 aromatic heterocycles. The molecule has 1 unspecified atom stereocenters. The third-order valence-electron chi connectivity index (χ3n) is 7.62. The van der Waals surface area contributed by atoms with E-state index in [1.54, 1.807) is 12.1 Å². The second-order valence-corrected chi connectivity index (χ2v) is 10.8. The van der Waals surface area contributed by atoms with Crippen LogP contribution in [0.1, 0.15) is 90.4 Å². The molecule has 3 aromatic rings. The van der Waals surface area contributed by atoms with Crippen LogP contribution in [0.3, 0.4) is 0 Å². The Morgan fingerprint density at radius 1 is 1.00 bits per heavy atom. The van der Waals surface area contributed by atoms with Crippen molar-refractivity contribution in [3.63, 3.8) is 0 Å². The first-order chi connectivity index (χ1) is 18.0. The van der Waals surface area contributed by atoms with Gasteiger partial charge in [0.1, 0.15) is 23.5 Å². The standard InChI is InChI=1S/C31H28F4O3/c1-30(2)16-21(17-36)26-25(38-30)15-24(18-5-3-4-6-18)28(27(26)19-9-13-23(32)14-10-19)29(37)20-7-11-22(12-8-20)31(33,34)35/h7-15,17-18,21H,3-6,16H2,1-2H3. The molecule has 1 saturated carbocycles. The van der Waals surface area contributed by atoms with Crippen LogP contribution in [0.4, 0.5) is 17.6 Å². The predicted octanol–water partition coefficient (Wildman–Crippen LogP) is 8.24. The Morgan fingerprint density at radius 2 is 1.63 bits per heavy atom. The van der Waals surface area contributed by atoms with Gasteiger partial charge in [-0.1, -0.05) is 37.1 Å². The molecule has 0 saturated heterocycles. The average Bonchev–Trinajstić information content (AvgIpc) is 3.41. The van der Waals surface area contributed by atoms with Gasteiger partial charge in [0.25, 0.3) is 0 Å². The summed E-state index contributed by atoms with van der Waals surface area (Å²) in [4.78, 5) is 26.5. The number of rotatable bonds is 5. The van der Waals surface area contributed by atoms with Crippen molar-refractivity contribution in [2.24, 2.45) is 0 Å². The van der Waals surface area contributed by atoms with Crippen molar-refractivity contribution in [2.75, 3.05) is 0 Å². The molecule has 0 amide bonds. The molecular formula is C31H28F4O3. The molecule has 2 aliphatic rings. The summed E-state index contributed by atoms with van der Waals surface area (Å²) in [6.45, 7) is 3.81.